The van der Waals surface area contributed by atoms with Gasteiger partial charge in [0.2, 0.25) is 0 Å². The van der Waals surface area contributed by atoms with Gasteiger partial charge in [-0.15, -0.1) is 0 Å². The molecule has 0 aliphatic heterocycles. The highest BCUT2D eigenvalue weighted by Gasteiger charge is 2.08. The van der Waals surface area contributed by atoms with Gasteiger partial charge in [0.25, 0.3) is 0 Å². The molecule has 4 rings (SSSR count). The highest BCUT2D eigenvalue weighted by molar-refractivity contribution is 6.30. The number of aryl methyl sites for hydroxylation is 1. The minimum Gasteiger partial charge on any atom is -0.463 e. The average molecular weight is 499 g/mol. The second kappa shape index (κ2) is 12.4. The summed E-state index contributed by atoms with van der Waals surface area (Å²) < 4.78 is 11.4. The van der Waals surface area contributed by atoms with Crippen LogP contribution in [0.15, 0.2) is 97.1 Å². The van der Waals surface area contributed by atoms with Crippen molar-refractivity contribution in [3.05, 3.63) is 108 Å². The lowest BCUT2D eigenvalue weighted by atomic mass is 10.0. The molecule has 0 bridgehead atoms. The van der Waals surface area contributed by atoms with Crippen LogP contribution in [0.4, 0.5) is 0 Å². The maximum Gasteiger partial charge on any atom is 0.306 e. The van der Waals surface area contributed by atoms with Crippen LogP contribution >= 0.6 is 11.6 Å². The van der Waals surface area contributed by atoms with E-state index in [0.29, 0.717) is 6.42 Å². The summed E-state index contributed by atoms with van der Waals surface area (Å²) in [5, 5.41) is 0.730. The zero-order chi connectivity index (χ0) is 25.3. The molecule has 4 aromatic rings. The van der Waals surface area contributed by atoms with Gasteiger partial charge in [-0.3, -0.25) is 4.79 Å². The zero-order valence-electron chi connectivity index (χ0n) is 20.7. The summed E-state index contributed by atoms with van der Waals surface area (Å²) in [6, 6.07) is 32.4. The van der Waals surface area contributed by atoms with E-state index in [1.807, 2.05) is 74.5 Å². The smallest absolute Gasteiger partial charge is 0.306 e. The van der Waals surface area contributed by atoms with Crippen LogP contribution in [-0.4, -0.2) is 12.1 Å². The first-order valence-electron chi connectivity index (χ1n) is 12.4. The number of benzene rings is 4. The number of esters is 1. The van der Waals surface area contributed by atoms with Gasteiger partial charge in [0, 0.05) is 11.4 Å². The first-order valence-corrected chi connectivity index (χ1v) is 12.8. The Balaban J connectivity index is 1.33. The van der Waals surface area contributed by atoms with Crippen LogP contribution in [0.3, 0.4) is 0 Å². The first-order chi connectivity index (χ1) is 17.5. The molecular formula is C32H31ClO3. The summed E-state index contributed by atoms with van der Waals surface area (Å²) in [5.41, 5.74) is 5.71. The van der Waals surface area contributed by atoms with Crippen LogP contribution in [0.2, 0.25) is 5.02 Å². The molecule has 0 aliphatic rings. The molecule has 0 spiro atoms. The van der Waals surface area contributed by atoms with Gasteiger partial charge in [0.15, 0.2) is 0 Å². The maximum absolute atomic E-state index is 11.9. The Kier molecular flexibility index (Phi) is 8.80. The van der Waals surface area contributed by atoms with Crippen molar-refractivity contribution in [1.29, 1.82) is 0 Å². The van der Waals surface area contributed by atoms with Gasteiger partial charge < -0.3 is 9.47 Å². The SMILES string of the molecule is CCC(C)OC(=O)CCCc1cccc(-c2ccc(Oc3ccc(-c4ccc(Cl)cc4)cc3)cc2)c1. The van der Waals surface area contributed by atoms with Crippen molar-refractivity contribution in [1.82, 2.24) is 0 Å². The zero-order valence-corrected chi connectivity index (χ0v) is 21.5. The Labute approximate surface area is 218 Å². The van der Waals surface area contributed by atoms with E-state index in [-0.39, 0.29) is 12.1 Å². The fourth-order valence-electron chi connectivity index (χ4n) is 3.92. The number of carbonyl (C=O) groups is 1. The van der Waals surface area contributed by atoms with Crippen molar-refractivity contribution in [3.8, 4) is 33.8 Å². The second-order valence-corrected chi connectivity index (χ2v) is 9.36. The molecule has 0 heterocycles. The number of hydrogen-bond donors (Lipinski definition) is 0. The largest absolute Gasteiger partial charge is 0.463 e. The van der Waals surface area contributed by atoms with E-state index in [2.05, 4.69) is 36.4 Å². The van der Waals surface area contributed by atoms with Crippen molar-refractivity contribution in [2.45, 2.75) is 45.6 Å². The summed E-state index contributed by atoms with van der Waals surface area (Å²) in [4.78, 5) is 11.9. The maximum atomic E-state index is 11.9. The molecule has 0 amide bonds. The third kappa shape index (κ3) is 7.22. The van der Waals surface area contributed by atoms with Gasteiger partial charge in [-0.05, 0) is 90.4 Å². The average Bonchev–Trinajstić information content (AvgIpc) is 2.90. The lowest BCUT2D eigenvalue weighted by Gasteiger charge is -2.11. The predicted molar refractivity (Wildman–Crippen MR) is 148 cm³/mol. The minimum absolute atomic E-state index is 0.0125. The Morgan fingerprint density at radius 1 is 0.778 bits per heavy atom. The van der Waals surface area contributed by atoms with Crippen molar-refractivity contribution in [2.75, 3.05) is 0 Å². The summed E-state index contributed by atoms with van der Waals surface area (Å²) >= 11 is 5.99. The molecule has 4 aromatic carbocycles. The Morgan fingerprint density at radius 3 is 1.92 bits per heavy atom. The highest BCUT2D eigenvalue weighted by Crippen LogP contribution is 2.29. The highest BCUT2D eigenvalue weighted by atomic mass is 35.5. The van der Waals surface area contributed by atoms with E-state index >= 15 is 0 Å². The molecule has 0 aromatic heterocycles. The van der Waals surface area contributed by atoms with Crippen LogP contribution < -0.4 is 4.74 Å². The number of halogens is 1. The van der Waals surface area contributed by atoms with Crippen LogP contribution in [0, 0.1) is 0 Å². The second-order valence-electron chi connectivity index (χ2n) is 8.92. The molecule has 4 heteroatoms. The predicted octanol–water partition coefficient (Wildman–Crippen LogP) is 9.13. The summed E-state index contributed by atoms with van der Waals surface area (Å²) in [5.74, 6) is 1.46. The Morgan fingerprint density at radius 2 is 1.33 bits per heavy atom. The lowest BCUT2D eigenvalue weighted by molar-refractivity contribution is -0.148. The molecule has 184 valence electrons. The van der Waals surface area contributed by atoms with E-state index in [0.717, 1.165) is 58.0 Å². The van der Waals surface area contributed by atoms with Gasteiger partial charge >= 0.3 is 5.97 Å². The summed E-state index contributed by atoms with van der Waals surface area (Å²) in [7, 11) is 0. The van der Waals surface area contributed by atoms with Crippen LogP contribution in [-0.2, 0) is 16.0 Å². The summed E-state index contributed by atoms with van der Waals surface area (Å²) in [6.07, 6.45) is 2.90. The van der Waals surface area contributed by atoms with Crippen molar-refractivity contribution in [2.24, 2.45) is 0 Å². The van der Waals surface area contributed by atoms with Gasteiger partial charge in [-0.2, -0.15) is 0 Å². The molecule has 0 saturated heterocycles. The van der Waals surface area contributed by atoms with E-state index in [1.54, 1.807) is 0 Å². The number of rotatable bonds is 10. The monoisotopic (exact) mass is 498 g/mol. The molecule has 0 N–H and O–H groups in total. The normalized spacial score (nSPS) is 11.6. The van der Waals surface area contributed by atoms with Gasteiger partial charge in [-0.25, -0.2) is 0 Å². The minimum atomic E-state index is -0.115. The number of hydrogen-bond acceptors (Lipinski definition) is 3. The third-order valence-electron chi connectivity index (χ3n) is 6.14. The standard InChI is InChI=1S/C32H31ClO3/c1-3-23(2)35-32(34)9-5-7-24-6-4-8-28(22-24)27-14-20-31(21-15-27)36-30-18-12-26(13-19-30)25-10-16-29(33)17-11-25/h4,6,8,10-23H,3,5,7,9H2,1-2H3. The summed E-state index contributed by atoms with van der Waals surface area (Å²) in [6.45, 7) is 3.94. The quantitative estimate of drug-likeness (QED) is 0.204. The Bertz CT molecular complexity index is 1260. The van der Waals surface area contributed by atoms with Crippen molar-refractivity contribution in [3.63, 3.8) is 0 Å². The molecule has 1 atom stereocenters. The van der Waals surface area contributed by atoms with Crippen LogP contribution in [0.5, 0.6) is 11.5 Å². The topological polar surface area (TPSA) is 35.5 Å². The van der Waals surface area contributed by atoms with E-state index in [9.17, 15) is 4.79 Å². The molecule has 0 aliphatic carbocycles. The lowest BCUT2D eigenvalue weighted by Crippen LogP contribution is -2.13. The van der Waals surface area contributed by atoms with Crippen LogP contribution in [0.25, 0.3) is 22.3 Å². The molecule has 0 fully saturated rings. The van der Waals surface area contributed by atoms with E-state index in [1.165, 1.54) is 5.56 Å². The molecule has 1 unspecified atom stereocenters. The van der Waals surface area contributed by atoms with Gasteiger partial charge in [0.1, 0.15) is 11.5 Å². The number of carbonyl (C=O) groups excluding carboxylic acids is 1. The molecule has 36 heavy (non-hydrogen) atoms. The molecule has 0 saturated carbocycles. The first kappa shape index (κ1) is 25.5. The van der Waals surface area contributed by atoms with Crippen LogP contribution in [0.1, 0.15) is 38.7 Å². The van der Waals surface area contributed by atoms with E-state index in [4.69, 9.17) is 21.1 Å². The van der Waals surface area contributed by atoms with Crippen molar-refractivity contribution < 1.29 is 14.3 Å². The van der Waals surface area contributed by atoms with Crippen molar-refractivity contribution >= 4 is 17.6 Å². The number of ether oxygens (including phenoxy) is 2. The van der Waals surface area contributed by atoms with Gasteiger partial charge in [-0.1, -0.05) is 79.2 Å². The van der Waals surface area contributed by atoms with E-state index < -0.39 is 0 Å². The fourth-order valence-corrected chi connectivity index (χ4v) is 4.05. The Hall–Kier alpha value is -3.56. The fraction of sp³-hybridized carbons (Fsp3) is 0.219. The molecule has 3 nitrogen and oxygen atoms in total. The third-order valence-corrected chi connectivity index (χ3v) is 6.39. The molecule has 0 radical (unpaired) electrons. The van der Waals surface area contributed by atoms with Gasteiger partial charge in [0.05, 0.1) is 6.10 Å². The molecular weight excluding hydrogens is 468 g/mol.